The molecular formula is C21H22ClN5O. The molecule has 0 aliphatic rings. The minimum Gasteiger partial charge on any atom is -0.423 e. The molecule has 2 aromatic carbocycles. The maximum absolute atomic E-state index is 5.94. The second kappa shape index (κ2) is 8.04. The van der Waals surface area contributed by atoms with Gasteiger partial charge in [0.1, 0.15) is 0 Å². The van der Waals surface area contributed by atoms with Crippen molar-refractivity contribution in [2.45, 2.75) is 20.5 Å². The first-order valence-electron chi connectivity index (χ1n) is 9.33. The van der Waals surface area contributed by atoms with E-state index in [1.54, 1.807) is 6.20 Å². The Hall–Kier alpha value is -2.83. The highest BCUT2D eigenvalue weighted by molar-refractivity contribution is 6.30. The van der Waals surface area contributed by atoms with Gasteiger partial charge in [-0.2, -0.15) is 5.10 Å². The summed E-state index contributed by atoms with van der Waals surface area (Å²) >= 11 is 5.94. The third kappa shape index (κ3) is 3.88. The molecule has 0 saturated carbocycles. The molecule has 7 heteroatoms. The van der Waals surface area contributed by atoms with Gasteiger partial charge in [0.25, 0.3) is 6.01 Å². The lowest BCUT2D eigenvalue weighted by atomic mass is 10.2. The van der Waals surface area contributed by atoms with E-state index in [1.165, 1.54) is 0 Å². The molecule has 28 heavy (non-hydrogen) atoms. The standard InChI is InChI=1S/C21H22ClN5O/c1-3-26(4-2)14-27-19-10-9-18(11-16(19)12-24-27)25-21-23-13-20(28-21)15-5-7-17(22)8-6-15/h5-13H,3-4,14H2,1-2H3,(H,23,25). The van der Waals surface area contributed by atoms with Crippen LogP contribution in [0.4, 0.5) is 11.7 Å². The van der Waals surface area contributed by atoms with Crippen LogP contribution in [0.15, 0.2) is 59.3 Å². The number of rotatable bonds is 7. The van der Waals surface area contributed by atoms with Crippen LogP contribution in [0.25, 0.3) is 22.2 Å². The number of aromatic nitrogens is 3. The van der Waals surface area contributed by atoms with Crippen molar-refractivity contribution < 1.29 is 4.42 Å². The van der Waals surface area contributed by atoms with Gasteiger partial charge in [-0.1, -0.05) is 25.4 Å². The molecule has 0 radical (unpaired) electrons. The highest BCUT2D eigenvalue weighted by atomic mass is 35.5. The SMILES string of the molecule is CCN(CC)Cn1ncc2cc(Nc3ncc(-c4ccc(Cl)cc4)o3)ccc21. The number of nitrogens with zero attached hydrogens (tertiary/aromatic N) is 4. The van der Waals surface area contributed by atoms with E-state index in [9.17, 15) is 0 Å². The fourth-order valence-electron chi connectivity index (χ4n) is 3.09. The Balaban J connectivity index is 1.52. The molecule has 0 spiro atoms. The molecule has 0 saturated heterocycles. The fraction of sp³-hybridized carbons (Fsp3) is 0.238. The summed E-state index contributed by atoms with van der Waals surface area (Å²) in [6.07, 6.45) is 3.59. The topological polar surface area (TPSA) is 59.1 Å². The Bertz CT molecular complexity index is 1070. The van der Waals surface area contributed by atoms with Gasteiger partial charge in [0.05, 0.1) is 24.6 Å². The van der Waals surface area contributed by atoms with Gasteiger partial charge in [-0.05, 0) is 55.6 Å². The maximum Gasteiger partial charge on any atom is 0.299 e. The second-order valence-corrected chi connectivity index (χ2v) is 6.96. The molecule has 0 unspecified atom stereocenters. The number of benzene rings is 2. The quantitative estimate of drug-likeness (QED) is 0.454. The van der Waals surface area contributed by atoms with Crippen LogP contribution in [0.1, 0.15) is 13.8 Å². The average Bonchev–Trinajstić information content (AvgIpc) is 3.33. The van der Waals surface area contributed by atoms with E-state index in [2.05, 4.69) is 40.2 Å². The monoisotopic (exact) mass is 395 g/mol. The average molecular weight is 396 g/mol. The summed E-state index contributed by atoms with van der Waals surface area (Å²) in [6.45, 7) is 7.10. The van der Waals surface area contributed by atoms with Gasteiger partial charge < -0.3 is 9.73 Å². The zero-order chi connectivity index (χ0) is 19.5. The summed E-state index contributed by atoms with van der Waals surface area (Å²) in [5.74, 6) is 0.687. The number of anilines is 2. The number of oxazole rings is 1. The van der Waals surface area contributed by atoms with Crippen molar-refractivity contribution in [3.63, 3.8) is 0 Å². The number of hydrogen-bond donors (Lipinski definition) is 1. The number of hydrogen-bond acceptors (Lipinski definition) is 5. The molecule has 0 aliphatic carbocycles. The molecule has 6 nitrogen and oxygen atoms in total. The molecule has 2 aromatic heterocycles. The molecular weight excluding hydrogens is 374 g/mol. The summed E-state index contributed by atoms with van der Waals surface area (Å²) in [4.78, 5) is 6.64. The maximum atomic E-state index is 5.94. The highest BCUT2D eigenvalue weighted by Gasteiger charge is 2.09. The van der Waals surface area contributed by atoms with Gasteiger partial charge in [0, 0.05) is 21.7 Å². The first kappa shape index (κ1) is 18.5. The van der Waals surface area contributed by atoms with Crippen molar-refractivity contribution in [2.24, 2.45) is 0 Å². The molecule has 0 atom stereocenters. The minimum absolute atomic E-state index is 0.444. The van der Waals surface area contributed by atoms with E-state index in [0.717, 1.165) is 41.9 Å². The van der Waals surface area contributed by atoms with Crippen molar-refractivity contribution in [3.05, 3.63) is 59.9 Å². The van der Waals surface area contributed by atoms with Crippen molar-refractivity contribution in [2.75, 3.05) is 18.4 Å². The zero-order valence-corrected chi connectivity index (χ0v) is 16.6. The summed E-state index contributed by atoms with van der Waals surface area (Å²) < 4.78 is 7.84. The smallest absolute Gasteiger partial charge is 0.299 e. The summed E-state index contributed by atoms with van der Waals surface area (Å²) in [6, 6.07) is 14.0. The van der Waals surface area contributed by atoms with Crippen molar-refractivity contribution in [3.8, 4) is 11.3 Å². The van der Waals surface area contributed by atoms with E-state index < -0.39 is 0 Å². The Morgan fingerprint density at radius 2 is 1.86 bits per heavy atom. The van der Waals surface area contributed by atoms with Gasteiger partial charge >= 0.3 is 0 Å². The Kier molecular flexibility index (Phi) is 5.32. The molecule has 0 aliphatic heterocycles. The summed E-state index contributed by atoms with van der Waals surface area (Å²) in [7, 11) is 0. The van der Waals surface area contributed by atoms with Gasteiger partial charge in [-0.3, -0.25) is 9.58 Å². The molecule has 2 heterocycles. The second-order valence-electron chi connectivity index (χ2n) is 6.52. The molecule has 0 fully saturated rings. The third-order valence-corrected chi connectivity index (χ3v) is 5.01. The molecule has 144 valence electrons. The van der Waals surface area contributed by atoms with Crippen LogP contribution in [0.2, 0.25) is 5.02 Å². The zero-order valence-electron chi connectivity index (χ0n) is 15.9. The van der Waals surface area contributed by atoms with Crippen molar-refractivity contribution >= 4 is 34.2 Å². The Morgan fingerprint density at radius 1 is 1.07 bits per heavy atom. The first-order valence-corrected chi connectivity index (χ1v) is 9.70. The van der Waals surface area contributed by atoms with E-state index >= 15 is 0 Å². The normalized spacial score (nSPS) is 11.4. The Morgan fingerprint density at radius 3 is 2.61 bits per heavy atom. The largest absolute Gasteiger partial charge is 0.423 e. The number of halogens is 1. The molecule has 4 aromatic rings. The predicted molar refractivity (Wildman–Crippen MR) is 113 cm³/mol. The molecule has 0 bridgehead atoms. The van der Waals surface area contributed by atoms with E-state index in [4.69, 9.17) is 16.0 Å². The molecule has 1 N–H and O–H groups in total. The fourth-order valence-corrected chi connectivity index (χ4v) is 3.22. The lowest BCUT2D eigenvalue weighted by Gasteiger charge is -2.18. The van der Waals surface area contributed by atoms with Crippen LogP contribution in [-0.2, 0) is 6.67 Å². The van der Waals surface area contributed by atoms with Crippen LogP contribution in [0.3, 0.4) is 0 Å². The summed E-state index contributed by atoms with van der Waals surface area (Å²) in [5, 5.41) is 9.51. The third-order valence-electron chi connectivity index (χ3n) is 4.76. The predicted octanol–water partition coefficient (Wildman–Crippen LogP) is 5.39. The Labute approximate surface area is 168 Å². The van der Waals surface area contributed by atoms with Crippen molar-refractivity contribution in [1.82, 2.24) is 19.7 Å². The molecule has 4 rings (SSSR count). The van der Waals surface area contributed by atoms with Gasteiger partial charge in [0.15, 0.2) is 5.76 Å². The van der Waals surface area contributed by atoms with Crippen LogP contribution in [-0.4, -0.2) is 32.8 Å². The van der Waals surface area contributed by atoms with Gasteiger partial charge in [0.2, 0.25) is 0 Å². The molecule has 0 amide bonds. The number of nitrogens with one attached hydrogen (secondary N) is 1. The van der Waals surface area contributed by atoms with Gasteiger partial charge in [-0.15, -0.1) is 0 Å². The van der Waals surface area contributed by atoms with E-state index in [0.29, 0.717) is 16.8 Å². The van der Waals surface area contributed by atoms with Crippen molar-refractivity contribution in [1.29, 1.82) is 0 Å². The van der Waals surface area contributed by atoms with Crippen LogP contribution in [0.5, 0.6) is 0 Å². The highest BCUT2D eigenvalue weighted by Crippen LogP contribution is 2.27. The van der Waals surface area contributed by atoms with Crippen LogP contribution < -0.4 is 5.32 Å². The number of fused-ring (bicyclic) bond motifs is 1. The van der Waals surface area contributed by atoms with Crippen LogP contribution >= 0.6 is 11.6 Å². The lowest BCUT2D eigenvalue weighted by molar-refractivity contribution is 0.233. The van der Waals surface area contributed by atoms with E-state index in [1.807, 2.05) is 47.3 Å². The minimum atomic E-state index is 0.444. The first-order chi connectivity index (χ1) is 13.7. The summed E-state index contributed by atoms with van der Waals surface area (Å²) in [5.41, 5.74) is 2.93. The van der Waals surface area contributed by atoms with E-state index in [-0.39, 0.29) is 0 Å². The van der Waals surface area contributed by atoms with Crippen LogP contribution in [0, 0.1) is 0 Å². The lowest BCUT2D eigenvalue weighted by Crippen LogP contribution is -2.26. The van der Waals surface area contributed by atoms with Gasteiger partial charge in [-0.25, -0.2) is 4.98 Å².